The van der Waals surface area contributed by atoms with Gasteiger partial charge in [-0.1, -0.05) is 11.6 Å². The first kappa shape index (κ1) is 16.2. The van der Waals surface area contributed by atoms with E-state index < -0.39 is 0 Å². The van der Waals surface area contributed by atoms with Crippen LogP contribution in [0.25, 0.3) is 11.3 Å². The first-order valence-electron chi connectivity index (χ1n) is 7.83. The summed E-state index contributed by atoms with van der Waals surface area (Å²) in [5.41, 5.74) is 1.60. The van der Waals surface area contributed by atoms with Crippen LogP contribution in [0.15, 0.2) is 34.7 Å². The summed E-state index contributed by atoms with van der Waals surface area (Å²) < 4.78 is 5.78. The second-order valence-electron chi connectivity index (χ2n) is 6.09. The van der Waals surface area contributed by atoms with Crippen molar-refractivity contribution in [1.29, 1.82) is 0 Å². The number of rotatable bonds is 4. The van der Waals surface area contributed by atoms with Gasteiger partial charge in [-0.15, -0.1) is 0 Å². The van der Waals surface area contributed by atoms with Gasteiger partial charge >= 0.3 is 0 Å². The van der Waals surface area contributed by atoms with Crippen LogP contribution in [0.1, 0.15) is 16.1 Å². The Hall–Kier alpha value is -1.62. The summed E-state index contributed by atoms with van der Waals surface area (Å²) in [6.07, 6.45) is 0. The number of likely N-dealkylation sites (N-methyl/N-ethyl adjacent to an activating group) is 1. The molecule has 0 amide bonds. The smallest absolute Gasteiger partial charge is 0.180 e. The van der Waals surface area contributed by atoms with Gasteiger partial charge in [0, 0.05) is 36.8 Å². The van der Waals surface area contributed by atoms with E-state index in [1.807, 2.05) is 37.3 Å². The van der Waals surface area contributed by atoms with Gasteiger partial charge in [0.1, 0.15) is 11.5 Å². The monoisotopic (exact) mass is 332 g/mol. The number of benzene rings is 1. The van der Waals surface area contributed by atoms with Crippen molar-refractivity contribution in [1.82, 2.24) is 9.80 Å². The van der Waals surface area contributed by atoms with E-state index in [1.165, 1.54) is 0 Å². The second-order valence-corrected chi connectivity index (χ2v) is 6.53. The van der Waals surface area contributed by atoms with Gasteiger partial charge in [-0.2, -0.15) is 0 Å². The zero-order chi connectivity index (χ0) is 16.4. The van der Waals surface area contributed by atoms with Gasteiger partial charge in [-0.25, -0.2) is 0 Å². The number of Topliss-reactive ketones (excluding diaryl/α,β-unsaturated/α-hetero) is 1. The Kier molecular flexibility index (Phi) is 4.85. The molecule has 0 unspecified atom stereocenters. The molecule has 1 fully saturated rings. The zero-order valence-corrected chi connectivity index (χ0v) is 14.3. The van der Waals surface area contributed by atoms with Gasteiger partial charge in [0.25, 0.3) is 0 Å². The highest BCUT2D eigenvalue weighted by molar-refractivity contribution is 6.30. The molecule has 2 heterocycles. The van der Waals surface area contributed by atoms with Crippen LogP contribution >= 0.6 is 11.6 Å². The van der Waals surface area contributed by atoms with E-state index >= 15 is 0 Å². The van der Waals surface area contributed by atoms with Crippen LogP contribution in [0, 0.1) is 6.92 Å². The highest BCUT2D eigenvalue weighted by Gasteiger charge is 2.21. The molecule has 0 aliphatic carbocycles. The topological polar surface area (TPSA) is 36.7 Å². The summed E-state index contributed by atoms with van der Waals surface area (Å²) in [5, 5.41) is 0.684. The molecule has 0 radical (unpaired) electrons. The first-order chi connectivity index (χ1) is 11.0. The van der Waals surface area contributed by atoms with Gasteiger partial charge in [0.2, 0.25) is 0 Å². The highest BCUT2D eigenvalue weighted by Crippen LogP contribution is 2.27. The third-order valence-corrected chi connectivity index (χ3v) is 4.56. The molecule has 122 valence electrons. The molecule has 0 saturated carbocycles. The molecule has 1 aliphatic heterocycles. The molecule has 5 heteroatoms. The minimum Gasteiger partial charge on any atom is -0.461 e. The molecule has 1 aromatic heterocycles. The molecule has 3 rings (SSSR count). The summed E-state index contributed by atoms with van der Waals surface area (Å²) in [7, 11) is 2.11. The van der Waals surface area contributed by atoms with Crippen LogP contribution in [0.2, 0.25) is 5.02 Å². The lowest BCUT2D eigenvalue weighted by atomic mass is 10.1. The predicted molar refractivity (Wildman–Crippen MR) is 92.2 cm³/mol. The van der Waals surface area contributed by atoms with Gasteiger partial charge in [-0.3, -0.25) is 9.69 Å². The van der Waals surface area contributed by atoms with Gasteiger partial charge in [-0.05, 0) is 44.3 Å². The quantitative estimate of drug-likeness (QED) is 0.805. The fourth-order valence-corrected chi connectivity index (χ4v) is 2.94. The Bertz CT molecular complexity index is 686. The molecule has 1 saturated heterocycles. The fraction of sp³-hybridized carbons (Fsp3) is 0.389. The van der Waals surface area contributed by atoms with Gasteiger partial charge in [0.05, 0.1) is 12.1 Å². The molecule has 0 atom stereocenters. The SMILES string of the molecule is Cc1oc(-c2ccc(Cl)cc2)cc1C(=O)CN1CCN(C)CC1. The van der Waals surface area contributed by atoms with Crippen LogP contribution in [-0.2, 0) is 0 Å². The van der Waals surface area contributed by atoms with Crippen LogP contribution in [0.5, 0.6) is 0 Å². The third kappa shape index (κ3) is 3.83. The molecule has 0 spiro atoms. The van der Waals surface area contributed by atoms with Crippen molar-refractivity contribution in [2.24, 2.45) is 0 Å². The van der Waals surface area contributed by atoms with E-state index in [-0.39, 0.29) is 5.78 Å². The van der Waals surface area contributed by atoms with Crippen molar-refractivity contribution in [3.63, 3.8) is 0 Å². The molecule has 1 aromatic carbocycles. The maximum absolute atomic E-state index is 12.6. The number of hydrogen-bond donors (Lipinski definition) is 0. The van der Waals surface area contributed by atoms with Crippen molar-refractivity contribution in [2.45, 2.75) is 6.92 Å². The highest BCUT2D eigenvalue weighted by atomic mass is 35.5. The molecular weight excluding hydrogens is 312 g/mol. The van der Waals surface area contributed by atoms with Crippen molar-refractivity contribution in [3.05, 3.63) is 46.7 Å². The number of halogens is 1. The molecule has 23 heavy (non-hydrogen) atoms. The summed E-state index contributed by atoms with van der Waals surface area (Å²) in [5.74, 6) is 1.51. The number of nitrogens with zero attached hydrogens (tertiary/aromatic N) is 2. The number of ketones is 1. The zero-order valence-electron chi connectivity index (χ0n) is 13.5. The van der Waals surface area contributed by atoms with Gasteiger partial charge in [0.15, 0.2) is 5.78 Å². The van der Waals surface area contributed by atoms with E-state index in [9.17, 15) is 4.79 Å². The molecule has 0 bridgehead atoms. The average Bonchev–Trinajstić information content (AvgIpc) is 2.92. The van der Waals surface area contributed by atoms with E-state index in [0.717, 1.165) is 31.7 Å². The standard InChI is InChI=1S/C18H21ClN2O2/c1-13-16(17(22)12-21-9-7-20(2)8-10-21)11-18(23-13)14-3-5-15(19)6-4-14/h3-6,11H,7-10,12H2,1-2H3. The van der Waals surface area contributed by atoms with E-state index in [2.05, 4.69) is 16.8 Å². The molecule has 4 nitrogen and oxygen atoms in total. The number of aryl methyl sites for hydroxylation is 1. The second kappa shape index (κ2) is 6.87. The average molecular weight is 333 g/mol. The van der Waals surface area contributed by atoms with Crippen LogP contribution in [-0.4, -0.2) is 55.4 Å². The lowest BCUT2D eigenvalue weighted by Gasteiger charge is -2.31. The number of carbonyl (C=O) groups excluding carboxylic acids is 1. The van der Waals surface area contributed by atoms with Gasteiger partial charge < -0.3 is 9.32 Å². The molecule has 1 aliphatic rings. The Morgan fingerprint density at radius 2 is 1.83 bits per heavy atom. The van der Waals surface area contributed by atoms with Crippen molar-refractivity contribution in [3.8, 4) is 11.3 Å². The predicted octanol–water partition coefficient (Wildman–Crippen LogP) is 3.34. The Morgan fingerprint density at radius 3 is 2.48 bits per heavy atom. The van der Waals surface area contributed by atoms with E-state index in [1.54, 1.807) is 0 Å². The maximum Gasteiger partial charge on any atom is 0.180 e. The van der Waals surface area contributed by atoms with Crippen LogP contribution < -0.4 is 0 Å². The van der Waals surface area contributed by atoms with E-state index in [0.29, 0.717) is 28.7 Å². The minimum atomic E-state index is 0.121. The summed E-state index contributed by atoms with van der Waals surface area (Å²) in [4.78, 5) is 17.1. The lowest BCUT2D eigenvalue weighted by molar-refractivity contribution is 0.0875. The number of piperazine rings is 1. The van der Waals surface area contributed by atoms with Crippen molar-refractivity contribution >= 4 is 17.4 Å². The normalized spacial score (nSPS) is 16.7. The summed E-state index contributed by atoms with van der Waals surface area (Å²) in [6, 6.07) is 9.28. The Labute approximate surface area is 141 Å². The number of carbonyl (C=O) groups is 1. The first-order valence-corrected chi connectivity index (χ1v) is 8.21. The van der Waals surface area contributed by atoms with Crippen LogP contribution in [0.3, 0.4) is 0 Å². The molecule has 2 aromatic rings. The fourth-order valence-electron chi connectivity index (χ4n) is 2.81. The molecular formula is C18H21ClN2O2. The van der Waals surface area contributed by atoms with E-state index in [4.69, 9.17) is 16.0 Å². The third-order valence-electron chi connectivity index (χ3n) is 4.31. The molecule has 0 N–H and O–H groups in total. The Balaban J connectivity index is 1.72. The number of hydrogen-bond acceptors (Lipinski definition) is 4. The summed E-state index contributed by atoms with van der Waals surface area (Å²) in [6.45, 7) is 6.18. The number of furan rings is 1. The maximum atomic E-state index is 12.6. The Morgan fingerprint density at radius 1 is 1.17 bits per heavy atom. The minimum absolute atomic E-state index is 0.121. The van der Waals surface area contributed by atoms with Crippen molar-refractivity contribution < 1.29 is 9.21 Å². The lowest BCUT2D eigenvalue weighted by Crippen LogP contribution is -2.46. The summed E-state index contributed by atoms with van der Waals surface area (Å²) >= 11 is 5.91. The van der Waals surface area contributed by atoms with Crippen molar-refractivity contribution in [2.75, 3.05) is 39.8 Å². The largest absolute Gasteiger partial charge is 0.461 e. The van der Waals surface area contributed by atoms with Crippen LogP contribution in [0.4, 0.5) is 0 Å².